The molecule has 0 radical (unpaired) electrons. The first-order valence-electron chi connectivity index (χ1n) is 10.8. The van der Waals surface area contributed by atoms with E-state index in [1.54, 1.807) is 12.1 Å². The van der Waals surface area contributed by atoms with Crippen molar-refractivity contribution >= 4 is 34.5 Å². The number of rotatable bonds is 4. The minimum atomic E-state index is -0.408. The number of aliphatic hydroxyl groups excluding tert-OH is 2. The SMILES string of the molecule is O=C1Nc2cc(Cl)c(-c3ccc(C4CC(O)C4)cc3)cc2/C1=C(/O)c1cc(C2CC2)no1. The molecule has 3 aliphatic rings. The number of nitrogens with zero attached hydrogens (tertiary/aromatic N) is 1. The molecule has 162 valence electrons. The van der Waals surface area contributed by atoms with Crippen molar-refractivity contribution in [3.63, 3.8) is 0 Å². The lowest BCUT2D eigenvalue weighted by atomic mass is 9.77. The number of carbonyl (C=O) groups is 1. The molecule has 0 spiro atoms. The van der Waals surface area contributed by atoms with Crippen LogP contribution in [0.25, 0.3) is 22.5 Å². The van der Waals surface area contributed by atoms with E-state index < -0.39 is 5.91 Å². The normalized spacial score (nSPS) is 23.5. The first-order chi connectivity index (χ1) is 15.5. The fourth-order valence-corrected chi connectivity index (χ4v) is 4.81. The lowest BCUT2D eigenvalue weighted by Crippen LogP contribution is -2.26. The molecule has 7 heteroatoms. The molecule has 2 fully saturated rings. The van der Waals surface area contributed by atoms with Crippen molar-refractivity contribution in [1.82, 2.24) is 5.16 Å². The monoisotopic (exact) mass is 448 g/mol. The zero-order chi connectivity index (χ0) is 22.0. The van der Waals surface area contributed by atoms with Crippen molar-refractivity contribution in [1.29, 1.82) is 0 Å². The topological polar surface area (TPSA) is 95.6 Å². The van der Waals surface area contributed by atoms with Crippen LogP contribution >= 0.6 is 11.6 Å². The lowest BCUT2D eigenvalue weighted by molar-refractivity contribution is -0.110. The van der Waals surface area contributed by atoms with Crippen LogP contribution in [0.1, 0.15) is 60.1 Å². The standard InChI is InChI=1S/C25H21ClN2O4/c26-19-10-21-18(9-17(19)13-3-1-12(2-4-13)15-7-16(29)8-15)23(25(31)27-21)24(30)22-11-20(28-32-22)14-5-6-14/h1-4,9-11,14-16,29-30H,5-8H2,(H,27,31)/b24-23-. The predicted octanol–water partition coefficient (Wildman–Crippen LogP) is 5.49. The number of aliphatic hydroxyl groups is 2. The largest absolute Gasteiger partial charge is 0.504 e. The van der Waals surface area contributed by atoms with Gasteiger partial charge in [-0.2, -0.15) is 0 Å². The van der Waals surface area contributed by atoms with Gasteiger partial charge in [-0.25, -0.2) is 0 Å². The highest BCUT2D eigenvalue weighted by Gasteiger charge is 2.33. The number of amides is 1. The van der Waals surface area contributed by atoms with Crippen molar-refractivity contribution in [2.24, 2.45) is 0 Å². The molecular weight excluding hydrogens is 428 g/mol. The Balaban J connectivity index is 1.38. The van der Waals surface area contributed by atoms with Gasteiger partial charge in [-0.1, -0.05) is 41.0 Å². The van der Waals surface area contributed by atoms with Crippen molar-refractivity contribution in [2.75, 3.05) is 5.32 Å². The van der Waals surface area contributed by atoms with Crippen molar-refractivity contribution in [3.05, 3.63) is 70.1 Å². The quantitative estimate of drug-likeness (QED) is 0.362. The van der Waals surface area contributed by atoms with Crippen LogP contribution in [0.5, 0.6) is 0 Å². The number of halogens is 1. The summed E-state index contributed by atoms with van der Waals surface area (Å²) >= 11 is 6.55. The average molecular weight is 449 g/mol. The maximum Gasteiger partial charge on any atom is 0.260 e. The van der Waals surface area contributed by atoms with Gasteiger partial charge in [0, 0.05) is 23.1 Å². The van der Waals surface area contributed by atoms with Crippen LogP contribution in [0.3, 0.4) is 0 Å². The van der Waals surface area contributed by atoms with Crippen LogP contribution in [0.4, 0.5) is 5.69 Å². The summed E-state index contributed by atoms with van der Waals surface area (Å²) in [6, 6.07) is 13.3. The van der Waals surface area contributed by atoms with Gasteiger partial charge in [0.25, 0.3) is 5.91 Å². The van der Waals surface area contributed by atoms with Gasteiger partial charge in [-0.3, -0.25) is 4.79 Å². The molecule has 1 aliphatic heterocycles. The highest BCUT2D eigenvalue weighted by molar-refractivity contribution is 6.38. The number of fused-ring (bicyclic) bond motifs is 1. The molecule has 0 atom stereocenters. The molecule has 2 saturated carbocycles. The maximum atomic E-state index is 12.7. The van der Waals surface area contributed by atoms with Crippen LogP contribution in [-0.2, 0) is 4.79 Å². The first kappa shape index (κ1) is 19.6. The van der Waals surface area contributed by atoms with Gasteiger partial charge in [0.2, 0.25) is 5.76 Å². The van der Waals surface area contributed by atoms with E-state index in [2.05, 4.69) is 22.6 Å². The van der Waals surface area contributed by atoms with Crippen LogP contribution in [0, 0.1) is 0 Å². The summed E-state index contributed by atoms with van der Waals surface area (Å²) in [6.07, 6.45) is 3.52. The molecule has 0 bridgehead atoms. The number of hydrogen-bond acceptors (Lipinski definition) is 5. The Kier molecular flexibility index (Phi) is 4.42. The molecular formula is C25H21ClN2O4. The van der Waals surface area contributed by atoms with Gasteiger partial charge >= 0.3 is 0 Å². The highest BCUT2D eigenvalue weighted by Crippen LogP contribution is 2.44. The van der Waals surface area contributed by atoms with Gasteiger partial charge in [-0.15, -0.1) is 0 Å². The third-order valence-electron chi connectivity index (χ3n) is 6.65. The second kappa shape index (κ2) is 7.22. The van der Waals surface area contributed by atoms with Crippen molar-refractivity contribution in [2.45, 2.75) is 43.6 Å². The molecule has 3 N–H and O–H groups in total. The molecule has 2 heterocycles. The van der Waals surface area contributed by atoms with Crippen LogP contribution in [-0.4, -0.2) is 27.4 Å². The molecule has 3 aromatic rings. The minimum Gasteiger partial charge on any atom is -0.504 e. The zero-order valence-corrected chi connectivity index (χ0v) is 17.9. The number of carbonyl (C=O) groups excluding carboxylic acids is 1. The molecule has 32 heavy (non-hydrogen) atoms. The van der Waals surface area contributed by atoms with Gasteiger partial charge in [0.05, 0.1) is 28.1 Å². The number of hydrogen-bond donors (Lipinski definition) is 3. The summed E-state index contributed by atoms with van der Waals surface area (Å²) < 4.78 is 5.32. The van der Waals surface area contributed by atoms with E-state index in [0.29, 0.717) is 28.1 Å². The Morgan fingerprint density at radius 1 is 1.06 bits per heavy atom. The second-order valence-corrected chi connectivity index (χ2v) is 9.30. The first-order valence-corrected chi connectivity index (χ1v) is 11.2. The fourth-order valence-electron chi connectivity index (χ4n) is 4.54. The Morgan fingerprint density at radius 3 is 2.50 bits per heavy atom. The van der Waals surface area contributed by atoms with Gasteiger partial charge < -0.3 is 20.1 Å². The molecule has 6 nitrogen and oxygen atoms in total. The highest BCUT2D eigenvalue weighted by atomic mass is 35.5. The molecule has 2 aliphatic carbocycles. The third-order valence-corrected chi connectivity index (χ3v) is 6.96. The van der Waals surface area contributed by atoms with Crippen molar-refractivity contribution < 1.29 is 19.5 Å². The number of benzene rings is 2. The summed E-state index contributed by atoms with van der Waals surface area (Å²) in [5.41, 5.74) is 4.95. The lowest BCUT2D eigenvalue weighted by Gasteiger charge is -2.31. The predicted molar refractivity (Wildman–Crippen MR) is 121 cm³/mol. The van der Waals surface area contributed by atoms with E-state index in [-0.39, 0.29) is 23.2 Å². The Labute approximate surface area is 189 Å². The zero-order valence-electron chi connectivity index (χ0n) is 17.1. The molecule has 1 aromatic heterocycles. The second-order valence-electron chi connectivity index (χ2n) is 8.89. The van der Waals surface area contributed by atoms with E-state index >= 15 is 0 Å². The fraction of sp³-hybridized carbons (Fsp3) is 0.280. The van der Waals surface area contributed by atoms with E-state index in [1.807, 2.05) is 18.2 Å². The van der Waals surface area contributed by atoms with Gasteiger partial charge in [0.15, 0.2) is 5.76 Å². The van der Waals surface area contributed by atoms with Crippen molar-refractivity contribution in [3.8, 4) is 11.1 Å². The minimum absolute atomic E-state index is 0.150. The number of nitrogens with one attached hydrogen (secondary N) is 1. The van der Waals surface area contributed by atoms with Gasteiger partial charge in [-0.05, 0) is 54.9 Å². The Hall–Kier alpha value is -3.09. The number of anilines is 1. The molecule has 2 aromatic carbocycles. The smallest absolute Gasteiger partial charge is 0.260 e. The Morgan fingerprint density at radius 2 is 1.81 bits per heavy atom. The molecule has 6 rings (SSSR count). The molecule has 0 saturated heterocycles. The summed E-state index contributed by atoms with van der Waals surface area (Å²) in [7, 11) is 0. The summed E-state index contributed by atoms with van der Waals surface area (Å²) in [6.45, 7) is 0. The van der Waals surface area contributed by atoms with Crippen LogP contribution in [0.2, 0.25) is 5.02 Å². The van der Waals surface area contributed by atoms with Crippen LogP contribution in [0.15, 0.2) is 47.0 Å². The van der Waals surface area contributed by atoms with Crippen LogP contribution < -0.4 is 5.32 Å². The number of aromatic nitrogens is 1. The maximum absolute atomic E-state index is 12.7. The average Bonchev–Trinajstić information content (AvgIpc) is 3.40. The Bertz CT molecular complexity index is 1270. The van der Waals surface area contributed by atoms with Gasteiger partial charge in [0.1, 0.15) is 0 Å². The third kappa shape index (κ3) is 3.22. The van der Waals surface area contributed by atoms with E-state index in [1.165, 1.54) is 5.56 Å². The summed E-state index contributed by atoms with van der Waals surface area (Å²) in [5, 5.41) is 27.7. The molecule has 1 amide bonds. The van der Waals surface area contributed by atoms with E-state index in [4.69, 9.17) is 16.1 Å². The van der Waals surface area contributed by atoms with E-state index in [0.717, 1.165) is 42.5 Å². The molecule has 0 unspecified atom stereocenters. The summed E-state index contributed by atoms with van der Waals surface area (Å²) in [5.74, 6) is 0.326. The summed E-state index contributed by atoms with van der Waals surface area (Å²) in [4.78, 5) is 12.7. The van der Waals surface area contributed by atoms with E-state index in [9.17, 15) is 15.0 Å².